The van der Waals surface area contributed by atoms with Gasteiger partial charge in [0.25, 0.3) is 0 Å². The highest BCUT2D eigenvalue weighted by Gasteiger charge is 2.17. The molecule has 124 valence electrons. The summed E-state index contributed by atoms with van der Waals surface area (Å²) in [4.78, 5) is 9.72. The van der Waals surface area contributed by atoms with Crippen molar-refractivity contribution >= 4 is 17.0 Å². The fraction of sp³-hybridized carbons (Fsp3) is 0.263. The molecule has 0 fully saturated rings. The van der Waals surface area contributed by atoms with E-state index in [2.05, 4.69) is 23.4 Å². The second-order valence-electron chi connectivity index (χ2n) is 5.55. The zero-order chi connectivity index (χ0) is 16.9. The van der Waals surface area contributed by atoms with Crippen molar-refractivity contribution in [2.45, 2.75) is 32.7 Å². The van der Waals surface area contributed by atoms with E-state index in [9.17, 15) is 4.39 Å². The van der Waals surface area contributed by atoms with Gasteiger partial charge in [-0.3, -0.25) is 4.98 Å². The molecule has 1 aromatic carbocycles. The third kappa shape index (κ3) is 3.31. The van der Waals surface area contributed by atoms with Gasteiger partial charge in [-0.1, -0.05) is 26.0 Å². The smallest absolute Gasteiger partial charge is 0.190 e. The van der Waals surface area contributed by atoms with Crippen molar-refractivity contribution in [2.75, 3.05) is 0 Å². The maximum atomic E-state index is 14.3. The van der Waals surface area contributed by atoms with Crippen LogP contribution in [-0.4, -0.2) is 9.55 Å². The Morgan fingerprint density at radius 3 is 2.62 bits per heavy atom. The van der Waals surface area contributed by atoms with Crippen molar-refractivity contribution in [3.63, 3.8) is 0 Å². The van der Waals surface area contributed by atoms with Crippen molar-refractivity contribution in [2.24, 2.45) is 4.99 Å². The maximum absolute atomic E-state index is 14.3. The second-order valence-corrected chi connectivity index (χ2v) is 6.38. The molecule has 0 bridgehead atoms. The van der Waals surface area contributed by atoms with Gasteiger partial charge < -0.3 is 4.57 Å². The van der Waals surface area contributed by atoms with Crippen molar-refractivity contribution in [1.29, 1.82) is 0 Å². The summed E-state index contributed by atoms with van der Waals surface area (Å²) < 4.78 is 16.5. The van der Waals surface area contributed by atoms with Crippen LogP contribution in [-0.2, 0) is 0 Å². The number of rotatable bonds is 5. The molecule has 0 radical (unpaired) electrons. The standard InChI is InChI=1S/C19H20FN3S/c1-3-15(4-2)23-18(16-9-5-6-10-17(16)20)13-24-19(23)22-14-8-7-11-21-12-14/h5-13,15H,3-4H2,1-2H3. The van der Waals surface area contributed by atoms with Crippen molar-refractivity contribution in [3.8, 4) is 11.3 Å². The third-order valence-corrected chi connectivity index (χ3v) is 4.91. The van der Waals surface area contributed by atoms with E-state index in [1.807, 2.05) is 29.6 Å². The summed E-state index contributed by atoms with van der Waals surface area (Å²) in [6.07, 6.45) is 5.40. The fourth-order valence-corrected chi connectivity index (χ4v) is 3.78. The van der Waals surface area contributed by atoms with Crippen LogP contribution in [0.4, 0.5) is 10.1 Å². The van der Waals surface area contributed by atoms with Crippen LogP contribution in [0.1, 0.15) is 32.7 Å². The van der Waals surface area contributed by atoms with Crippen LogP contribution in [0.5, 0.6) is 0 Å². The number of hydrogen-bond donors (Lipinski definition) is 0. The Labute approximate surface area is 145 Å². The van der Waals surface area contributed by atoms with E-state index in [4.69, 9.17) is 4.99 Å². The monoisotopic (exact) mass is 341 g/mol. The average molecular weight is 341 g/mol. The predicted molar refractivity (Wildman–Crippen MR) is 96.8 cm³/mol. The highest BCUT2D eigenvalue weighted by atomic mass is 32.1. The van der Waals surface area contributed by atoms with Gasteiger partial charge in [0.05, 0.1) is 17.6 Å². The van der Waals surface area contributed by atoms with Gasteiger partial charge in [-0.15, -0.1) is 11.3 Å². The molecule has 2 aromatic heterocycles. The van der Waals surface area contributed by atoms with Crippen LogP contribution < -0.4 is 4.80 Å². The lowest BCUT2D eigenvalue weighted by atomic mass is 10.1. The lowest BCUT2D eigenvalue weighted by Crippen LogP contribution is -2.21. The first kappa shape index (κ1) is 16.6. The van der Waals surface area contributed by atoms with E-state index in [0.29, 0.717) is 5.56 Å². The molecule has 0 saturated heterocycles. The SMILES string of the molecule is CCC(CC)n1c(-c2ccccc2F)csc1=Nc1cccnc1. The third-order valence-electron chi connectivity index (χ3n) is 4.07. The van der Waals surface area contributed by atoms with Crippen LogP contribution in [0.3, 0.4) is 0 Å². The highest BCUT2D eigenvalue weighted by Crippen LogP contribution is 2.28. The predicted octanol–water partition coefficient (Wildman–Crippen LogP) is 5.34. The summed E-state index contributed by atoms with van der Waals surface area (Å²) in [5, 5.41) is 1.99. The molecule has 0 aliphatic rings. The molecule has 0 aliphatic carbocycles. The Morgan fingerprint density at radius 2 is 1.96 bits per heavy atom. The number of halogens is 1. The van der Waals surface area contributed by atoms with Gasteiger partial charge in [0, 0.05) is 23.2 Å². The minimum Gasteiger partial charge on any atom is -0.313 e. The zero-order valence-electron chi connectivity index (χ0n) is 13.8. The van der Waals surface area contributed by atoms with Crippen LogP contribution in [0.15, 0.2) is 59.2 Å². The summed E-state index contributed by atoms with van der Waals surface area (Å²) in [5.41, 5.74) is 2.31. The average Bonchev–Trinajstić information content (AvgIpc) is 3.01. The Hall–Kier alpha value is -2.27. The Morgan fingerprint density at radius 1 is 1.17 bits per heavy atom. The van der Waals surface area contributed by atoms with Gasteiger partial charge in [-0.25, -0.2) is 9.38 Å². The molecule has 3 aromatic rings. The van der Waals surface area contributed by atoms with Gasteiger partial charge in [0.2, 0.25) is 0 Å². The Bertz CT molecular complexity index is 864. The van der Waals surface area contributed by atoms with Gasteiger partial charge in [-0.05, 0) is 37.1 Å². The van der Waals surface area contributed by atoms with E-state index in [1.54, 1.807) is 18.5 Å². The van der Waals surface area contributed by atoms with Gasteiger partial charge in [0.1, 0.15) is 5.82 Å². The lowest BCUT2D eigenvalue weighted by Gasteiger charge is -2.18. The maximum Gasteiger partial charge on any atom is 0.190 e. The van der Waals surface area contributed by atoms with E-state index in [1.165, 1.54) is 17.4 Å². The number of nitrogens with zero attached hydrogens (tertiary/aromatic N) is 3. The fourth-order valence-electron chi connectivity index (χ4n) is 2.80. The first-order valence-corrected chi connectivity index (χ1v) is 9.02. The van der Waals surface area contributed by atoms with Crippen LogP contribution in [0, 0.1) is 5.82 Å². The van der Waals surface area contributed by atoms with Crippen molar-refractivity contribution in [3.05, 3.63) is 64.8 Å². The quantitative estimate of drug-likeness (QED) is 0.616. The molecule has 5 heteroatoms. The Balaban J connectivity index is 2.22. The van der Waals surface area contributed by atoms with Crippen molar-refractivity contribution < 1.29 is 4.39 Å². The number of aromatic nitrogens is 2. The summed E-state index contributed by atoms with van der Waals surface area (Å²) in [5.74, 6) is -0.206. The Kier molecular flexibility index (Phi) is 5.20. The van der Waals surface area contributed by atoms with Crippen molar-refractivity contribution in [1.82, 2.24) is 9.55 Å². The molecule has 24 heavy (non-hydrogen) atoms. The first-order valence-electron chi connectivity index (χ1n) is 8.14. The van der Waals surface area contributed by atoms with Crippen LogP contribution >= 0.6 is 11.3 Å². The molecule has 3 nitrogen and oxygen atoms in total. The van der Waals surface area contributed by atoms with E-state index < -0.39 is 0 Å². The molecule has 0 aliphatic heterocycles. The molecule has 0 amide bonds. The van der Waals surface area contributed by atoms with Crippen LogP contribution in [0.2, 0.25) is 0 Å². The normalized spacial score (nSPS) is 12.1. The molecule has 0 saturated carbocycles. The molecule has 2 heterocycles. The molecule has 0 atom stereocenters. The van der Waals surface area contributed by atoms with Gasteiger partial charge in [0.15, 0.2) is 4.80 Å². The molecule has 0 N–H and O–H groups in total. The first-order chi connectivity index (χ1) is 11.7. The second kappa shape index (κ2) is 7.53. The lowest BCUT2D eigenvalue weighted by molar-refractivity contribution is 0.465. The highest BCUT2D eigenvalue weighted by molar-refractivity contribution is 7.07. The largest absolute Gasteiger partial charge is 0.313 e. The van der Waals surface area contributed by atoms with Crippen LogP contribution in [0.25, 0.3) is 11.3 Å². The minimum atomic E-state index is -0.206. The number of benzene rings is 1. The van der Waals surface area contributed by atoms with Gasteiger partial charge in [-0.2, -0.15) is 0 Å². The summed E-state index contributed by atoms with van der Waals surface area (Å²) in [6.45, 7) is 4.30. The topological polar surface area (TPSA) is 30.2 Å². The van der Waals surface area contributed by atoms with E-state index >= 15 is 0 Å². The van der Waals surface area contributed by atoms with Gasteiger partial charge >= 0.3 is 0 Å². The summed E-state index contributed by atoms with van der Waals surface area (Å²) >= 11 is 1.54. The van der Waals surface area contributed by atoms with E-state index in [-0.39, 0.29) is 11.9 Å². The molecule has 0 spiro atoms. The summed E-state index contributed by atoms with van der Waals surface area (Å²) in [6, 6.07) is 11.0. The summed E-state index contributed by atoms with van der Waals surface area (Å²) in [7, 11) is 0. The number of pyridine rings is 1. The zero-order valence-corrected chi connectivity index (χ0v) is 14.6. The molecule has 3 rings (SSSR count). The molecular formula is C19H20FN3S. The molecule has 0 unspecified atom stereocenters. The molecular weight excluding hydrogens is 321 g/mol. The number of hydrogen-bond acceptors (Lipinski definition) is 3. The number of thiazole rings is 1. The minimum absolute atomic E-state index is 0.206. The van der Waals surface area contributed by atoms with E-state index in [0.717, 1.165) is 29.0 Å².